The first-order chi connectivity index (χ1) is 8.33. The summed E-state index contributed by atoms with van der Waals surface area (Å²) in [6.07, 6.45) is 3.30. The summed E-state index contributed by atoms with van der Waals surface area (Å²) in [5.74, 6) is 0.772. The van der Waals surface area contributed by atoms with Gasteiger partial charge >= 0.3 is 0 Å². The van der Waals surface area contributed by atoms with Gasteiger partial charge < -0.3 is 10.2 Å². The molecule has 2 bridgehead atoms. The quantitative estimate of drug-likeness (QED) is 0.797. The van der Waals surface area contributed by atoms with E-state index >= 15 is 0 Å². The van der Waals surface area contributed by atoms with Crippen LogP contribution in [-0.4, -0.2) is 10.2 Å². The van der Waals surface area contributed by atoms with Crippen LogP contribution in [0.5, 0.6) is 5.75 Å². The third kappa shape index (κ3) is 1.13. The first-order valence-corrected chi connectivity index (χ1v) is 6.84. The van der Waals surface area contributed by atoms with Gasteiger partial charge in [-0.1, -0.05) is 39.0 Å². The molecule has 0 saturated heterocycles. The van der Waals surface area contributed by atoms with Crippen LogP contribution in [0.25, 0.3) is 0 Å². The van der Waals surface area contributed by atoms with Crippen LogP contribution in [0.4, 0.5) is 0 Å². The molecule has 3 atom stereocenters. The van der Waals surface area contributed by atoms with Gasteiger partial charge in [-0.25, -0.2) is 0 Å². The van der Waals surface area contributed by atoms with Crippen LogP contribution in [0.2, 0.25) is 0 Å². The molecule has 98 valence electrons. The Hall–Kier alpha value is -1.02. The molecule has 0 amide bonds. The summed E-state index contributed by atoms with van der Waals surface area (Å²) in [6, 6.07) is 7.27. The van der Waals surface area contributed by atoms with Gasteiger partial charge in [0.15, 0.2) is 0 Å². The smallest absolute Gasteiger partial charge is 0.121 e. The summed E-state index contributed by atoms with van der Waals surface area (Å²) in [4.78, 5) is 0. The Labute approximate surface area is 109 Å². The second-order valence-electron chi connectivity index (χ2n) is 6.95. The van der Waals surface area contributed by atoms with Gasteiger partial charge in [-0.05, 0) is 31.2 Å². The number of benzene rings is 1. The molecule has 0 heterocycles. The topological polar surface area (TPSA) is 40.5 Å². The van der Waals surface area contributed by atoms with Crippen molar-refractivity contribution in [2.45, 2.75) is 45.6 Å². The molecule has 2 nitrogen and oxygen atoms in total. The summed E-state index contributed by atoms with van der Waals surface area (Å²) < 4.78 is 0. The molecular weight excluding hydrogens is 224 g/mol. The predicted molar refractivity (Wildman–Crippen MR) is 71.2 cm³/mol. The van der Waals surface area contributed by atoms with E-state index in [1.807, 2.05) is 18.2 Å². The Bertz CT molecular complexity index is 487. The number of phenols is 1. The zero-order chi connectivity index (χ0) is 13.2. The van der Waals surface area contributed by atoms with E-state index in [2.05, 4.69) is 20.8 Å². The molecule has 0 aliphatic heterocycles. The average Bonchev–Trinajstić information content (AvgIpc) is 2.78. The molecule has 2 fully saturated rings. The molecule has 2 aliphatic carbocycles. The average molecular weight is 246 g/mol. The van der Waals surface area contributed by atoms with Crippen LogP contribution in [0.1, 0.15) is 45.6 Å². The maximum absolute atomic E-state index is 11.5. The van der Waals surface area contributed by atoms with Crippen LogP contribution < -0.4 is 0 Å². The minimum Gasteiger partial charge on any atom is -0.508 e. The van der Waals surface area contributed by atoms with Gasteiger partial charge in [0, 0.05) is 16.4 Å². The standard InChI is InChI=1S/C16H22O2/c1-14(2)11-8-9-15(3,10-11)16(14,18)12-6-4-5-7-13(12)17/h4-7,11,17-18H,8-10H2,1-3H3/t11-,15+,16-/m1/s1. The second-order valence-corrected chi connectivity index (χ2v) is 6.95. The Morgan fingerprint density at radius 2 is 1.83 bits per heavy atom. The number of phenolic OH excluding ortho intramolecular Hbond substituents is 1. The molecule has 2 aliphatic rings. The summed E-state index contributed by atoms with van der Waals surface area (Å²) in [5, 5.41) is 21.6. The van der Waals surface area contributed by atoms with E-state index in [4.69, 9.17) is 0 Å². The zero-order valence-corrected chi connectivity index (χ0v) is 11.4. The Balaban J connectivity index is 2.23. The van der Waals surface area contributed by atoms with E-state index in [9.17, 15) is 10.2 Å². The molecule has 0 radical (unpaired) electrons. The minimum atomic E-state index is -0.922. The third-order valence-corrected chi connectivity index (χ3v) is 5.86. The first kappa shape index (κ1) is 12.0. The van der Waals surface area contributed by atoms with Gasteiger partial charge in [-0.2, -0.15) is 0 Å². The highest BCUT2D eigenvalue weighted by Crippen LogP contribution is 2.72. The van der Waals surface area contributed by atoms with Crippen LogP contribution >= 0.6 is 0 Å². The summed E-state index contributed by atoms with van der Waals surface area (Å²) >= 11 is 0. The van der Waals surface area contributed by atoms with Crippen molar-refractivity contribution in [3.63, 3.8) is 0 Å². The van der Waals surface area contributed by atoms with E-state index in [0.29, 0.717) is 11.5 Å². The van der Waals surface area contributed by atoms with Crippen molar-refractivity contribution in [1.82, 2.24) is 0 Å². The maximum atomic E-state index is 11.5. The molecule has 0 spiro atoms. The predicted octanol–water partition coefficient (Wildman–Crippen LogP) is 3.43. The van der Waals surface area contributed by atoms with Crippen molar-refractivity contribution in [2.75, 3.05) is 0 Å². The van der Waals surface area contributed by atoms with Gasteiger partial charge in [0.25, 0.3) is 0 Å². The van der Waals surface area contributed by atoms with E-state index in [-0.39, 0.29) is 16.6 Å². The molecule has 2 N–H and O–H groups in total. The zero-order valence-electron chi connectivity index (χ0n) is 11.4. The molecule has 2 saturated carbocycles. The Morgan fingerprint density at radius 1 is 1.17 bits per heavy atom. The molecule has 1 aromatic rings. The second kappa shape index (κ2) is 3.30. The van der Waals surface area contributed by atoms with Crippen LogP contribution in [-0.2, 0) is 5.60 Å². The van der Waals surface area contributed by atoms with Gasteiger partial charge in [0.1, 0.15) is 11.4 Å². The number of para-hydroxylation sites is 1. The minimum absolute atomic E-state index is 0.111. The molecule has 0 unspecified atom stereocenters. The number of rotatable bonds is 1. The van der Waals surface area contributed by atoms with Crippen molar-refractivity contribution in [1.29, 1.82) is 0 Å². The number of aliphatic hydroxyl groups is 1. The molecule has 3 rings (SSSR count). The van der Waals surface area contributed by atoms with Crippen LogP contribution in [0.15, 0.2) is 24.3 Å². The summed E-state index contributed by atoms with van der Waals surface area (Å²) in [5.41, 5.74) is -0.507. The van der Waals surface area contributed by atoms with Gasteiger partial charge in [-0.3, -0.25) is 0 Å². The van der Waals surface area contributed by atoms with Gasteiger partial charge in [0.2, 0.25) is 0 Å². The van der Waals surface area contributed by atoms with Crippen molar-refractivity contribution in [3.05, 3.63) is 29.8 Å². The normalized spacial score (nSPS) is 41.2. The maximum Gasteiger partial charge on any atom is 0.121 e. The highest BCUT2D eigenvalue weighted by atomic mass is 16.3. The lowest BCUT2D eigenvalue weighted by Gasteiger charge is -2.51. The molecular formula is C16H22O2. The van der Waals surface area contributed by atoms with Crippen LogP contribution in [0.3, 0.4) is 0 Å². The Kier molecular flexibility index (Phi) is 2.20. The lowest BCUT2D eigenvalue weighted by Crippen LogP contribution is -2.51. The third-order valence-electron chi connectivity index (χ3n) is 5.86. The highest BCUT2D eigenvalue weighted by Gasteiger charge is 2.69. The van der Waals surface area contributed by atoms with Crippen LogP contribution in [0, 0.1) is 16.7 Å². The first-order valence-electron chi connectivity index (χ1n) is 6.84. The number of aromatic hydroxyl groups is 1. The lowest BCUT2D eigenvalue weighted by atomic mass is 9.57. The monoisotopic (exact) mass is 246 g/mol. The fourth-order valence-corrected chi connectivity index (χ4v) is 4.71. The van der Waals surface area contributed by atoms with Crippen molar-refractivity contribution < 1.29 is 10.2 Å². The number of hydrogen-bond donors (Lipinski definition) is 2. The van der Waals surface area contributed by atoms with Crippen molar-refractivity contribution in [2.24, 2.45) is 16.7 Å². The molecule has 2 heteroatoms. The highest BCUT2D eigenvalue weighted by molar-refractivity contribution is 5.42. The molecule has 0 aromatic heterocycles. The fraction of sp³-hybridized carbons (Fsp3) is 0.625. The number of fused-ring (bicyclic) bond motifs is 2. The van der Waals surface area contributed by atoms with E-state index < -0.39 is 5.60 Å². The van der Waals surface area contributed by atoms with E-state index in [0.717, 1.165) is 12.8 Å². The van der Waals surface area contributed by atoms with Gasteiger partial charge in [-0.15, -0.1) is 0 Å². The van der Waals surface area contributed by atoms with Crippen molar-refractivity contribution in [3.8, 4) is 5.75 Å². The molecule has 18 heavy (non-hydrogen) atoms. The summed E-state index contributed by atoms with van der Waals surface area (Å²) in [7, 11) is 0. The summed E-state index contributed by atoms with van der Waals surface area (Å²) in [6.45, 7) is 6.47. The largest absolute Gasteiger partial charge is 0.508 e. The fourth-order valence-electron chi connectivity index (χ4n) is 4.71. The SMILES string of the molecule is CC1(C)[C@@H]2CC[C@@](C)(C2)[C@@]1(O)c1ccccc1O. The van der Waals surface area contributed by atoms with E-state index in [1.165, 1.54) is 6.42 Å². The Morgan fingerprint density at radius 3 is 2.39 bits per heavy atom. The molecule has 1 aromatic carbocycles. The van der Waals surface area contributed by atoms with Crippen molar-refractivity contribution >= 4 is 0 Å². The van der Waals surface area contributed by atoms with Gasteiger partial charge in [0.05, 0.1) is 0 Å². The van der Waals surface area contributed by atoms with E-state index in [1.54, 1.807) is 6.07 Å². The lowest BCUT2D eigenvalue weighted by molar-refractivity contribution is -0.151. The number of hydrogen-bond acceptors (Lipinski definition) is 2.